The summed E-state index contributed by atoms with van der Waals surface area (Å²) in [5, 5.41) is 0. The van der Waals surface area contributed by atoms with Gasteiger partial charge >= 0.3 is 18.9 Å². The summed E-state index contributed by atoms with van der Waals surface area (Å²) in [6.07, 6.45) is 1.38. The molecule has 0 N–H and O–H groups in total. The third kappa shape index (κ3) is 4.17. The van der Waals surface area contributed by atoms with Gasteiger partial charge < -0.3 is 23.5 Å². The maximum Gasteiger partial charge on any atom is 1.00 e. The number of rotatable bonds is 0. The van der Waals surface area contributed by atoms with Crippen LogP contribution in [-0.4, -0.2) is 11.5 Å². The van der Waals surface area contributed by atoms with Gasteiger partial charge in [-0.25, -0.2) is 0 Å². The molecule has 0 spiro atoms. The first kappa shape index (κ1) is 12.3. The molecule has 0 aromatic carbocycles. The van der Waals surface area contributed by atoms with E-state index in [9.17, 15) is 0 Å². The van der Waals surface area contributed by atoms with Crippen LogP contribution in [0.25, 0.3) is 0 Å². The first-order valence-electron chi connectivity index (χ1n) is 3.74. The Morgan fingerprint density at radius 3 is 1.82 bits per heavy atom. The van der Waals surface area contributed by atoms with Gasteiger partial charge in [-0.1, -0.05) is 20.8 Å². The van der Waals surface area contributed by atoms with Gasteiger partial charge in [-0.15, -0.1) is 5.41 Å². The van der Waals surface area contributed by atoms with Crippen molar-refractivity contribution in [3.8, 4) is 0 Å². The largest absolute Gasteiger partial charge is 1.00 e. The molecule has 0 bridgehead atoms. The minimum atomic E-state index is 0. The Kier molecular flexibility index (Phi) is 5.72. The molecule has 0 aliphatic carbocycles. The molecule has 1 saturated heterocycles. The first-order chi connectivity index (χ1) is 4.61. The van der Waals surface area contributed by atoms with Crippen molar-refractivity contribution in [1.82, 2.24) is 0 Å². The zero-order valence-electron chi connectivity index (χ0n) is 7.94. The summed E-state index contributed by atoms with van der Waals surface area (Å²) in [6, 6.07) is 0. The van der Waals surface area contributed by atoms with E-state index in [1.165, 1.54) is 17.9 Å². The van der Waals surface area contributed by atoms with Crippen LogP contribution < -0.4 is 18.9 Å². The molecule has 0 radical (unpaired) electrons. The molecule has 0 atom stereocenters. The van der Waals surface area contributed by atoms with Gasteiger partial charge in [-0.05, 0) is 17.9 Å². The minimum absolute atomic E-state index is 0. The third-order valence-electron chi connectivity index (χ3n) is 1.37. The number of hydrogen-bond acceptors (Lipinski definition) is 2. The second kappa shape index (κ2) is 5.12. The van der Waals surface area contributed by atoms with Crippen LogP contribution in [0.2, 0.25) is 0 Å². The quantitative estimate of drug-likeness (QED) is 0.393. The van der Waals surface area contributed by atoms with Crippen LogP contribution in [0, 0.1) is 10.00 Å². The molecule has 0 amide bonds. The molecule has 11 heavy (non-hydrogen) atoms. The van der Waals surface area contributed by atoms with E-state index in [0.29, 0.717) is 5.41 Å². The van der Waals surface area contributed by atoms with Crippen molar-refractivity contribution in [3.63, 3.8) is 0 Å². The van der Waals surface area contributed by atoms with E-state index in [-0.39, 0.29) is 18.9 Å². The summed E-state index contributed by atoms with van der Waals surface area (Å²) in [4.78, 5) is 0. The fraction of sp³-hybridized carbons (Fsp3) is 0.875. The van der Waals surface area contributed by atoms with E-state index < -0.39 is 0 Å². The Morgan fingerprint density at radius 1 is 1.09 bits per heavy atom. The summed E-state index contributed by atoms with van der Waals surface area (Å²) >= 11 is 4.10. The zero-order valence-corrected chi connectivity index (χ0v) is 9.57. The SMILES string of the molecule is CC(C)(C)[C-]1SCCCS1.[Li+]. The summed E-state index contributed by atoms with van der Waals surface area (Å²) in [7, 11) is 0. The van der Waals surface area contributed by atoms with Gasteiger partial charge in [0.2, 0.25) is 0 Å². The van der Waals surface area contributed by atoms with Gasteiger partial charge in [0.15, 0.2) is 0 Å². The van der Waals surface area contributed by atoms with Crippen LogP contribution in [0.1, 0.15) is 27.2 Å². The molecule has 0 saturated carbocycles. The number of hydrogen-bond donors (Lipinski definition) is 0. The van der Waals surface area contributed by atoms with Crippen molar-refractivity contribution < 1.29 is 18.9 Å². The Bertz CT molecular complexity index is 103. The Balaban J connectivity index is 0.000001000. The van der Waals surface area contributed by atoms with E-state index in [4.69, 9.17) is 0 Å². The molecule has 1 aliphatic rings. The van der Waals surface area contributed by atoms with Crippen LogP contribution in [0.4, 0.5) is 0 Å². The van der Waals surface area contributed by atoms with Crippen molar-refractivity contribution in [2.75, 3.05) is 11.5 Å². The normalized spacial score (nSPS) is 21.0. The van der Waals surface area contributed by atoms with Crippen molar-refractivity contribution in [2.45, 2.75) is 27.2 Å². The minimum Gasteiger partial charge on any atom is -0.337 e. The molecule has 0 nitrogen and oxygen atoms in total. The molecule has 1 fully saturated rings. The fourth-order valence-corrected chi connectivity index (χ4v) is 3.69. The van der Waals surface area contributed by atoms with Gasteiger partial charge in [0.25, 0.3) is 0 Å². The molecular weight excluding hydrogens is 167 g/mol. The van der Waals surface area contributed by atoms with Crippen molar-refractivity contribution in [2.24, 2.45) is 5.41 Å². The molecular formula is C8H15LiS2. The van der Waals surface area contributed by atoms with Gasteiger partial charge in [0.1, 0.15) is 0 Å². The Morgan fingerprint density at radius 2 is 1.55 bits per heavy atom. The summed E-state index contributed by atoms with van der Waals surface area (Å²) < 4.78 is 1.62. The summed E-state index contributed by atoms with van der Waals surface area (Å²) in [6.45, 7) is 6.90. The molecule has 3 heteroatoms. The maximum absolute atomic E-state index is 2.30. The zero-order chi connectivity index (χ0) is 7.61. The van der Waals surface area contributed by atoms with Crippen LogP contribution in [0.5, 0.6) is 0 Å². The monoisotopic (exact) mass is 182 g/mol. The van der Waals surface area contributed by atoms with Crippen LogP contribution in [-0.2, 0) is 0 Å². The number of thioether (sulfide) groups is 2. The predicted octanol–water partition coefficient (Wildman–Crippen LogP) is 0.396. The molecule has 1 aliphatic heterocycles. The second-order valence-electron chi connectivity index (χ2n) is 3.59. The van der Waals surface area contributed by atoms with Crippen molar-refractivity contribution in [3.05, 3.63) is 4.58 Å². The average molecular weight is 182 g/mol. The van der Waals surface area contributed by atoms with E-state index in [1.54, 1.807) is 4.58 Å². The Labute approximate surface area is 90.8 Å². The van der Waals surface area contributed by atoms with Crippen LogP contribution in [0.15, 0.2) is 0 Å². The van der Waals surface area contributed by atoms with E-state index >= 15 is 0 Å². The van der Waals surface area contributed by atoms with E-state index in [2.05, 4.69) is 20.8 Å². The van der Waals surface area contributed by atoms with E-state index in [0.717, 1.165) is 0 Å². The maximum atomic E-state index is 2.30. The van der Waals surface area contributed by atoms with Gasteiger partial charge in [0, 0.05) is 0 Å². The van der Waals surface area contributed by atoms with Gasteiger partial charge in [-0.3, -0.25) is 0 Å². The van der Waals surface area contributed by atoms with Crippen molar-refractivity contribution >= 4 is 23.5 Å². The van der Waals surface area contributed by atoms with Crippen LogP contribution in [0.3, 0.4) is 0 Å². The fourth-order valence-electron chi connectivity index (χ4n) is 0.863. The third-order valence-corrected chi connectivity index (χ3v) is 4.81. The molecule has 1 rings (SSSR count). The van der Waals surface area contributed by atoms with Crippen molar-refractivity contribution in [1.29, 1.82) is 0 Å². The van der Waals surface area contributed by atoms with Gasteiger partial charge in [0.05, 0.1) is 0 Å². The first-order valence-corrected chi connectivity index (χ1v) is 5.71. The van der Waals surface area contributed by atoms with Crippen LogP contribution >= 0.6 is 23.5 Å². The topological polar surface area (TPSA) is 0 Å². The Hall–Kier alpha value is 1.30. The molecule has 1 heterocycles. The standard InChI is InChI=1S/C8H15S2.Li/c1-8(2,3)7-9-5-4-6-10-7;/h4-6H2,1-3H3;/q-1;+1. The molecule has 60 valence electrons. The average Bonchev–Trinajstić information content (AvgIpc) is 1.88. The molecule has 0 aromatic heterocycles. The summed E-state index contributed by atoms with van der Waals surface area (Å²) in [5.74, 6) is 2.67. The molecule has 0 unspecified atom stereocenters. The van der Waals surface area contributed by atoms with Gasteiger partial charge in [-0.2, -0.15) is 4.58 Å². The van der Waals surface area contributed by atoms with E-state index in [1.807, 2.05) is 23.5 Å². The smallest absolute Gasteiger partial charge is 0.337 e. The predicted molar refractivity (Wildman–Crippen MR) is 52.2 cm³/mol. The second-order valence-corrected chi connectivity index (χ2v) is 6.06. The summed E-state index contributed by atoms with van der Waals surface area (Å²) in [5.41, 5.74) is 0.412. The molecule has 0 aromatic rings.